The number of phenols is 1. The maximum Gasteiger partial charge on any atom is 0.117 e. The molecular weight excluding hydrogens is 292 g/mol. The number of anilines is 2. The van der Waals surface area contributed by atoms with Crippen LogP contribution in [0.1, 0.15) is 12.5 Å². The molecule has 0 unspecified atom stereocenters. The summed E-state index contributed by atoms with van der Waals surface area (Å²) in [5, 5.41) is 10.2. The molecule has 0 saturated heterocycles. The van der Waals surface area contributed by atoms with Crippen LogP contribution in [0.25, 0.3) is 0 Å². The number of nitrogens with zero attached hydrogens (tertiary/aromatic N) is 1. The minimum Gasteiger partial charge on any atom is -0.508 e. The Balaban J connectivity index is 2.44. The fraction of sp³-hybridized carbons (Fsp3) is 0.133. The van der Waals surface area contributed by atoms with Crippen LogP contribution in [0.2, 0.25) is 5.02 Å². The summed E-state index contributed by atoms with van der Waals surface area (Å²) < 4.78 is 0. The van der Waals surface area contributed by atoms with E-state index in [1.54, 1.807) is 24.3 Å². The first-order valence-corrected chi connectivity index (χ1v) is 6.97. The molecule has 2 aromatic carbocycles. The van der Waals surface area contributed by atoms with E-state index in [2.05, 4.69) is 0 Å². The molecule has 0 saturated carbocycles. The molecule has 3 nitrogen and oxygen atoms in total. The SMILES string of the molecule is CCN(c1cccc(O)c1)c1ccc(C(N)=S)cc1Cl. The maximum atomic E-state index is 9.60. The average molecular weight is 307 g/mol. The van der Waals surface area contributed by atoms with Crippen LogP contribution in [0.15, 0.2) is 42.5 Å². The van der Waals surface area contributed by atoms with E-state index in [1.807, 2.05) is 30.0 Å². The quantitative estimate of drug-likeness (QED) is 0.843. The number of rotatable bonds is 4. The van der Waals surface area contributed by atoms with Crippen molar-refractivity contribution in [1.29, 1.82) is 0 Å². The fourth-order valence-corrected chi connectivity index (χ4v) is 2.44. The Kier molecular flexibility index (Phi) is 4.47. The van der Waals surface area contributed by atoms with Gasteiger partial charge >= 0.3 is 0 Å². The molecule has 0 amide bonds. The minimum absolute atomic E-state index is 0.219. The van der Waals surface area contributed by atoms with Crippen molar-refractivity contribution in [1.82, 2.24) is 0 Å². The van der Waals surface area contributed by atoms with Gasteiger partial charge in [-0.3, -0.25) is 0 Å². The topological polar surface area (TPSA) is 49.5 Å². The predicted octanol–water partition coefficient (Wildman–Crippen LogP) is 3.84. The van der Waals surface area contributed by atoms with Gasteiger partial charge in [-0.1, -0.05) is 29.9 Å². The van der Waals surface area contributed by atoms with Crippen molar-refractivity contribution >= 4 is 40.2 Å². The second kappa shape index (κ2) is 6.11. The third kappa shape index (κ3) is 3.03. The summed E-state index contributed by atoms with van der Waals surface area (Å²) in [6, 6.07) is 12.5. The van der Waals surface area contributed by atoms with Gasteiger partial charge in [0.1, 0.15) is 10.7 Å². The molecule has 0 spiro atoms. The molecule has 3 N–H and O–H groups in total. The van der Waals surface area contributed by atoms with E-state index in [0.717, 1.165) is 23.5 Å². The number of nitrogens with two attached hydrogens (primary N) is 1. The van der Waals surface area contributed by atoms with Gasteiger partial charge in [-0.25, -0.2) is 0 Å². The first kappa shape index (κ1) is 14.6. The average Bonchev–Trinajstić information content (AvgIpc) is 2.41. The fourth-order valence-electron chi connectivity index (χ4n) is 2.03. The summed E-state index contributed by atoms with van der Waals surface area (Å²) in [7, 11) is 0. The summed E-state index contributed by atoms with van der Waals surface area (Å²) in [5.41, 5.74) is 8.05. The summed E-state index contributed by atoms with van der Waals surface area (Å²) in [6.07, 6.45) is 0. The van der Waals surface area contributed by atoms with Gasteiger partial charge in [0.15, 0.2) is 0 Å². The highest BCUT2D eigenvalue weighted by molar-refractivity contribution is 7.80. The lowest BCUT2D eigenvalue weighted by molar-refractivity contribution is 0.475. The third-order valence-electron chi connectivity index (χ3n) is 2.98. The predicted molar refractivity (Wildman–Crippen MR) is 88.1 cm³/mol. The van der Waals surface area contributed by atoms with E-state index in [-0.39, 0.29) is 5.75 Å². The molecule has 0 bridgehead atoms. The van der Waals surface area contributed by atoms with Crippen molar-refractivity contribution in [3.8, 4) is 5.75 Å². The number of hydrogen-bond acceptors (Lipinski definition) is 3. The van der Waals surface area contributed by atoms with Gasteiger partial charge in [-0.2, -0.15) is 0 Å². The molecule has 0 radical (unpaired) electrons. The van der Waals surface area contributed by atoms with Crippen molar-refractivity contribution in [2.75, 3.05) is 11.4 Å². The second-order valence-electron chi connectivity index (χ2n) is 4.29. The molecule has 0 aromatic heterocycles. The Labute approximate surface area is 128 Å². The zero-order valence-corrected chi connectivity index (χ0v) is 12.6. The molecule has 20 heavy (non-hydrogen) atoms. The lowest BCUT2D eigenvalue weighted by atomic mass is 10.1. The van der Waals surface area contributed by atoms with Crippen LogP contribution in [0.4, 0.5) is 11.4 Å². The molecule has 104 valence electrons. The molecule has 0 aliphatic rings. The van der Waals surface area contributed by atoms with Crippen molar-refractivity contribution in [2.45, 2.75) is 6.92 Å². The largest absolute Gasteiger partial charge is 0.508 e. The Morgan fingerprint density at radius 1 is 1.30 bits per heavy atom. The normalized spacial score (nSPS) is 10.3. The number of benzene rings is 2. The molecule has 0 aliphatic heterocycles. The summed E-state index contributed by atoms with van der Waals surface area (Å²) in [5.74, 6) is 0.219. The second-order valence-corrected chi connectivity index (χ2v) is 5.14. The van der Waals surface area contributed by atoms with Crippen LogP contribution >= 0.6 is 23.8 Å². The molecule has 2 aromatic rings. The minimum atomic E-state index is 0.219. The zero-order valence-electron chi connectivity index (χ0n) is 11.0. The number of hydrogen-bond donors (Lipinski definition) is 2. The highest BCUT2D eigenvalue weighted by Crippen LogP contribution is 2.33. The van der Waals surface area contributed by atoms with Gasteiger partial charge in [0.25, 0.3) is 0 Å². The van der Waals surface area contributed by atoms with E-state index in [4.69, 9.17) is 29.6 Å². The molecule has 5 heteroatoms. The van der Waals surface area contributed by atoms with Crippen molar-refractivity contribution in [3.63, 3.8) is 0 Å². The highest BCUT2D eigenvalue weighted by atomic mass is 35.5. The van der Waals surface area contributed by atoms with Crippen molar-refractivity contribution in [2.24, 2.45) is 5.73 Å². The number of phenolic OH excluding ortho intramolecular Hbond substituents is 1. The van der Waals surface area contributed by atoms with Gasteiger partial charge in [-0.05, 0) is 37.3 Å². The Morgan fingerprint density at radius 2 is 2.05 bits per heavy atom. The van der Waals surface area contributed by atoms with Gasteiger partial charge in [0, 0.05) is 23.9 Å². The monoisotopic (exact) mass is 306 g/mol. The van der Waals surface area contributed by atoms with E-state index in [0.29, 0.717) is 10.0 Å². The van der Waals surface area contributed by atoms with E-state index in [9.17, 15) is 5.11 Å². The van der Waals surface area contributed by atoms with Crippen LogP contribution in [0.5, 0.6) is 5.75 Å². The molecule has 2 rings (SSSR count). The lowest BCUT2D eigenvalue weighted by Gasteiger charge is -2.24. The van der Waals surface area contributed by atoms with Gasteiger partial charge in [0.05, 0.1) is 10.7 Å². The van der Waals surface area contributed by atoms with E-state index < -0.39 is 0 Å². The van der Waals surface area contributed by atoms with E-state index >= 15 is 0 Å². The van der Waals surface area contributed by atoms with Gasteiger partial charge < -0.3 is 15.7 Å². The highest BCUT2D eigenvalue weighted by Gasteiger charge is 2.12. The Bertz CT molecular complexity index is 646. The number of thiocarbonyl (C=S) groups is 1. The van der Waals surface area contributed by atoms with Gasteiger partial charge in [-0.15, -0.1) is 0 Å². The van der Waals surface area contributed by atoms with E-state index in [1.165, 1.54) is 0 Å². The third-order valence-corrected chi connectivity index (χ3v) is 3.52. The molecule has 0 atom stereocenters. The summed E-state index contributed by atoms with van der Waals surface area (Å²) >= 11 is 11.3. The van der Waals surface area contributed by atoms with Crippen LogP contribution in [-0.2, 0) is 0 Å². The molecule has 0 fully saturated rings. The van der Waals surface area contributed by atoms with Crippen molar-refractivity contribution < 1.29 is 5.11 Å². The Morgan fingerprint density at radius 3 is 2.60 bits per heavy atom. The maximum absolute atomic E-state index is 9.60. The molecule has 0 heterocycles. The zero-order chi connectivity index (χ0) is 14.7. The summed E-state index contributed by atoms with van der Waals surface area (Å²) in [4.78, 5) is 2.32. The van der Waals surface area contributed by atoms with Crippen LogP contribution in [0, 0.1) is 0 Å². The summed E-state index contributed by atoms with van der Waals surface area (Å²) in [6.45, 7) is 2.73. The number of aromatic hydroxyl groups is 1. The molecular formula is C15H15ClN2OS. The number of halogens is 1. The van der Waals surface area contributed by atoms with Crippen molar-refractivity contribution in [3.05, 3.63) is 53.1 Å². The standard InChI is InChI=1S/C15H15ClN2OS/c1-2-18(11-4-3-5-12(19)9-11)14-7-6-10(15(17)20)8-13(14)16/h3-9,19H,2H2,1H3,(H2,17,20). The first-order valence-electron chi connectivity index (χ1n) is 6.19. The van der Waals surface area contributed by atoms with Crippen LogP contribution in [-0.4, -0.2) is 16.6 Å². The van der Waals surface area contributed by atoms with Crippen LogP contribution < -0.4 is 10.6 Å². The lowest BCUT2D eigenvalue weighted by Crippen LogP contribution is -2.17. The first-order chi connectivity index (χ1) is 9.52. The van der Waals surface area contributed by atoms with Gasteiger partial charge in [0.2, 0.25) is 0 Å². The Hall–Kier alpha value is -1.78. The molecule has 0 aliphatic carbocycles. The smallest absolute Gasteiger partial charge is 0.117 e. The van der Waals surface area contributed by atoms with Crippen LogP contribution in [0.3, 0.4) is 0 Å².